The van der Waals surface area contributed by atoms with Gasteiger partial charge in [0.2, 0.25) is 11.8 Å². The Hall–Kier alpha value is -3.15. The molecule has 0 saturated heterocycles. The maximum atomic E-state index is 12.2. The van der Waals surface area contributed by atoms with Crippen LogP contribution < -0.4 is 15.0 Å². The molecule has 0 radical (unpaired) electrons. The second-order valence-corrected chi connectivity index (χ2v) is 6.16. The Morgan fingerprint density at radius 1 is 0.963 bits per heavy atom. The van der Waals surface area contributed by atoms with E-state index < -0.39 is 0 Å². The number of nitrogens with one attached hydrogen (secondary N) is 1. The van der Waals surface area contributed by atoms with Gasteiger partial charge >= 0.3 is 0 Å². The number of hydrogen-bond donors (Lipinski definition) is 1. The van der Waals surface area contributed by atoms with Crippen molar-refractivity contribution in [3.05, 3.63) is 59.7 Å². The molecule has 2 aromatic carbocycles. The number of carbonyl (C=O) groups is 3. The standard InChI is InChI=1S/C21H24N2O4/c1-15(24)18-6-8-19(9-7-18)23(16(2)25)14-21(26)22-13-12-17-4-10-20(27-3)11-5-17/h4-11H,12-14H2,1-3H3,(H,22,26). The number of methoxy groups -OCH3 is 1. The Bertz CT molecular complexity index is 798. The summed E-state index contributed by atoms with van der Waals surface area (Å²) in [4.78, 5) is 36.9. The van der Waals surface area contributed by atoms with Crippen molar-refractivity contribution in [2.24, 2.45) is 0 Å². The number of ketones is 1. The van der Waals surface area contributed by atoms with Gasteiger partial charge in [-0.2, -0.15) is 0 Å². The van der Waals surface area contributed by atoms with E-state index in [0.29, 0.717) is 24.2 Å². The third kappa shape index (κ3) is 5.95. The van der Waals surface area contributed by atoms with Crippen molar-refractivity contribution in [2.75, 3.05) is 25.1 Å². The minimum absolute atomic E-state index is 0.0489. The summed E-state index contributed by atoms with van der Waals surface area (Å²) in [5, 5.41) is 2.83. The topological polar surface area (TPSA) is 75.7 Å². The highest BCUT2D eigenvalue weighted by Crippen LogP contribution is 2.16. The van der Waals surface area contributed by atoms with Crippen LogP contribution in [0.5, 0.6) is 5.75 Å². The largest absolute Gasteiger partial charge is 0.497 e. The number of hydrogen-bond acceptors (Lipinski definition) is 4. The Morgan fingerprint density at radius 3 is 2.11 bits per heavy atom. The zero-order valence-electron chi connectivity index (χ0n) is 15.8. The van der Waals surface area contributed by atoms with Gasteiger partial charge < -0.3 is 15.0 Å². The molecule has 0 aromatic heterocycles. The maximum absolute atomic E-state index is 12.2. The predicted molar refractivity (Wildman–Crippen MR) is 104 cm³/mol. The zero-order valence-corrected chi connectivity index (χ0v) is 15.8. The van der Waals surface area contributed by atoms with Gasteiger partial charge in [0.1, 0.15) is 12.3 Å². The second-order valence-electron chi connectivity index (χ2n) is 6.16. The molecule has 0 saturated carbocycles. The van der Waals surface area contributed by atoms with E-state index in [0.717, 1.165) is 11.3 Å². The summed E-state index contributed by atoms with van der Waals surface area (Å²) in [5.41, 5.74) is 2.23. The molecular formula is C21H24N2O4. The van der Waals surface area contributed by atoms with Crippen molar-refractivity contribution in [1.29, 1.82) is 0 Å². The fourth-order valence-corrected chi connectivity index (χ4v) is 2.60. The SMILES string of the molecule is COc1ccc(CCNC(=O)CN(C(C)=O)c2ccc(C(C)=O)cc2)cc1. The van der Waals surface area contributed by atoms with Gasteiger partial charge in [-0.1, -0.05) is 12.1 Å². The third-order valence-electron chi connectivity index (χ3n) is 4.16. The first-order valence-electron chi connectivity index (χ1n) is 8.69. The highest BCUT2D eigenvalue weighted by atomic mass is 16.5. The van der Waals surface area contributed by atoms with E-state index in [1.165, 1.54) is 18.7 Å². The number of Topliss-reactive ketones (excluding diaryl/α,β-unsaturated/α-hetero) is 1. The Balaban J connectivity index is 1.90. The summed E-state index contributed by atoms with van der Waals surface area (Å²) in [5.74, 6) is 0.258. The van der Waals surface area contributed by atoms with Crippen LogP contribution in [0.25, 0.3) is 0 Å². The van der Waals surface area contributed by atoms with Crippen LogP contribution in [0.3, 0.4) is 0 Å². The molecule has 0 aliphatic carbocycles. The van der Waals surface area contributed by atoms with Crippen LogP contribution >= 0.6 is 0 Å². The Morgan fingerprint density at radius 2 is 1.59 bits per heavy atom. The van der Waals surface area contributed by atoms with E-state index in [2.05, 4.69) is 5.32 Å². The van der Waals surface area contributed by atoms with Crippen LogP contribution in [-0.2, 0) is 16.0 Å². The minimum atomic E-state index is -0.241. The van der Waals surface area contributed by atoms with Crippen LogP contribution in [0.4, 0.5) is 5.69 Å². The molecule has 0 bridgehead atoms. The van der Waals surface area contributed by atoms with Crippen LogP contribution in [0, 0.1) is 0 Å². The van der Waals surface area contributed by atoms with Crippen molar-refractivity contribution >= 4 is 23.3 Å². The molecule has 0 aliphatic heterocycles. The molecule has 2 aromatic rings. The quantitative estimate of drug-likeness (QED) is 0.727. The van der Waals surface area contributed by atoms with E-state index in [-0.39, 0.29) is 24.1 Å². The molecular weight excluding hydrogens is 344 g/mol. The molecule has 0 aliphatic rings. The first-order valence-corrected chi connectivity index (χ1v) is 8.69. The number of amides is 2. The molecule has 2 amide bonds. The summed E-state index contributed by atoms with van der Waals surface area (Å²) >= 11 is 0. The number of anilines is 1. The van der Waals surface area contributed by atoms with Crippen molar-refractivity contribution in [3.63, 3.8) is 0 Å². The van der Waals surface area contributed by atoms with E-state index >= 15 is 0 Å². The smallest absolute Gasteiger partial charge is 0.240 e. The third-order valence-corrected chi connectivity index (χ3v) is 4.16. The lowest BCUT2D eigenvalue weighted by atomic mass is 10.1. The van der Waals surface area contributed by atoms with Gasteiger partial charge in [-0.25, -0.2) is 0 Å². The Kier molecular flexibility index (Phi) is 7.11. The van der Waals surface area contributed by atoms with Crippen molar-refractivity contribution in [3.8, 4) is 5.75 Å². The van der Waals surface area contributed by atoms with Crippen LogP contribution in [0.15, 0.2) is 48.5 Å². The van der Waals surface area contributed by atoms with Gasteiger partial charge in [0.05, 0.1) is 7.11 Å². The normalized spacial score (nSPS) is 10.2. The van der Waals surface area contributed by atoms with Gasteiger partial charge in [-0.3, -0.25) is 14.4 Å². The van der Waals surface area contributed by atoms with E-state index in [1.54, 1.807) is 31.4 Å². The molecule has 0 fully saturated rings. The highest BCUT2D eigenvalue weighted by molar-refractivity contribution is 5.98. The summed E-state index contributed by atoms with van der Waals surface area (Å²) in [6.45, 7) is 3.29. The number of rotatable bonds is 8. The van der Waals surface area contributed by atoms with E-state index in [1.807, 2.05) is 24.3 Å². The number of carbonyl (C=O) groups excluding carboxylic acids is 3. The maximum Gasteiger partial charge on any atom is 0.240 e. The lowest BCUT2D eigenvalue weighted by Gasteiger charge is -2.21. The Labute approximate surface area is 159 Å². The van der Waals surface area contributed by atoms with Crippen molar-refractivity contribution in [2.45, 2.75) is 20.3 Å². The molecule has 0 heterocycles. The average Bonchev–Trinajstić information content (AvgIpc) is 2.66. The minimum Gasteiger partial charge on any atom is -0.497 e. The monoisotopic (exact) mass is 368 g/mol. The number of nitrogens with zero attached hydrogens (tertiary/aromatic N) is 1. The van der Waals surface area contributed by atoms with Crippen LogP contribution in [0.1, 0.15) is 29.8 Å². The summed E-state index contributed by atoms with van der Waals surface area (Å²) in [7, 11) is 1.61. The van der Waals surface area contributed by atoms with Crippen molar-refractivity contribution < 1.29 is 19.1 Å². The fraction of sp³-hybridized carbons (Fsp3) is 0.286. The summed E-state index contributed by atoms with van der Waals surface area (Å²) < 4.78 is 5.11. The number of ether oxygens (including phenoxy) is 1. The summed E-state index contributed by atoms with van der Waals surface area (Å²) in [6, 6.07) is 14.3. The first kappa shape index (κ1) is 20.2. The molecule has 6 heteroatoms. The van der Waals surface area contributed by atoms with Crippen LogP contribution in [-0.4, -0.2) is 37.8 Å². The first-order chi connectivity index (χ1) is 12.9. The van der Waals surface area contributed by atoms with Gasteiger partial charge in [-0.05, 0) is 55.3 Å². The molecule has 1 N–H and O–H groups in total. The second kappa shape index (κ2) is 9.52. The van der Waals surface area contributed by atoms with E-state index in [9.17, 15) is 14.4 Å². The van der Waals surface area contributed by atoms with Gasteiger partial charge in [-0.15, -0.1) is 0 Å². The zero-order chi connectivity index (χ0) is 19.8. The van der Waals surface area contributed by atoms with Gasteiger partial charge in [0, 0.05) is 24.7 Å². The molecule has 6 nitrogen and oxygen atoms in total. The van der Waals surface area contributed by atoms with E-state index in [4.69, 9.17) is 4.74 Å². The molecule has 0 atom stereocenters. The molecule has 0 unspecified atom stereocenters. The molecule has 2 rings (SSSR count). The van der Waals surface area contributed by atoms with Crippen LogP contribution in [0.2, 0.25) is 0 Å². The lowest BCUT2D eigenvalue weighted by Crippen LogP contribution is -2.40. The molecule has 142 valence electrons. The van der Waals surface area contributed by atoms with Gasteiger partial charge in [0.15, 0.2) is 5.78 Å². The lowest BCUT2D eigenvalue weighted by molar-refractivity contribution is -0.123. The molecule has 27 heavy (non-hydrogen) atoms. The van der Waals surface area contributed by atoms with Gasteiger partial charge in [0.25, 0.3) is 0 Å². The predicted octanol–water partition coefficient (Wildman–Crippen LogP) is 2.61. The van der Waals surface area contributed by atoms with Crippen molar-refractivity contribution in [1.82, 2.24) is 5.32 Å². The molecule has 0 spiro atoms. The highest BCUT2D eigenvalue weighted by Gasteiger charge is 2.16. The summed E-state index contributed by atoms with van der Waals surface area (Å²) in [6.07, 6.45) is 0.684. The number of benzene rings is 2. The average molecular weight is 368 g/mol. The fourth-order valence-electron chi connectivity index (χ4n) is 2.60.